The molecule has 98 valence electrons. The number of anilines is 1. The monoisotopic (exact) mass is 260 g/mol. The highest BCUT2D eigenvalue weighted by atomic mass is 19.1. The first-order valence-electron chi connectivity index (χ1n) is 5.63. The van der Waals surface area contributed by atoms with Gasteiger partial charge in [0.2, 0.25) is 5.91 Å². The Balaban J connectivity index is 2.12. The Hall–Kier alpha value is -2.56. The van der Waals surface area contributed by atoms with Gasteiger partial charge in [-0.15, -0.1) is 0 Å². The Morgan fingerprint density at radius 1 is 1.21 bits per heavy atom. The lowest BCUT2D eigenvalue weighted by molar-refractivity contribution is 0.100. The second kappa shape index (κ2) is 5.39. The van der Waals surface area contributed by atoms with Crippen LogP contribution in [0.3, 0.4) is 0 Å². The number of primary amides is 1. The van der Waals surface area contributed by atoms with Crippen LogP contribution in [0.5, 0.6) is 5.75 Å². The van der Waals surface area contributed by atoms with E-state index in [1.807, 2.05) is 0 Å². The molecule has 0 unspecified atom stereocenters. The summed E-state index contributed by atoms with van der Waals surface area (Å²) in [5.41, 5.74) is 11.9. The SMILES string of the molecule is NC(=O)c1ccc(OCc2ccccc2F)c(N)c1. The number of hydrogen-bond acceptors (Lipinski definition) is 3. The molecule has 0 aliphatic rings. The second-order valence-electron chi connectivity index (χ2n) is 4.00. The number of nitrogen functional groups attached to an aromatic ring is 1. The summed E-state index contributed by atoms with van der Waals surface area (Å²) in [5, 5.41) is 0. The molecule has 2 rings (SSSR count). The van der Waals surface area contributed by atoms with E-state index in [1.165, 1.54) is 24.3 Å². The third-order valence-electron chi connectivity index (χ3n) is 2.64. The van der Waals surface area contributed by atoms with Crippen molar-refractivity contribution in [2.24, 2.45) is 5.73 Å². The molecule has 0 aliphatic carbocycles. The summed E-state index contributed by atoms with van der Waals surface area (Å²) in [6, 6.07) is 10.8. The number of carbonyl (C=O) groups excluding carboxylic acids is 1. The fourth-order valence-electron chi connectivity index (χ4n) is 1.60. The van der Waals surface area contributed by atoms with Crippen molar-refractivity contribution in [3.8, 4) is 5.75 Å². The maximum Gasteiger partial charge on any atom is 0.248 e. The highest BCUT2D eigenvalue weighted by Crippen LogP contribution is 2.23. The van der Waals surface area contributed by atoms with Gasteiger partial charge in [0.05, 0.1) is 5.69 Å². The first-order valence-corrected chi connectivity index (χ1v) is 5.63. The van der Waals surface area contributed by atoms with E-state index in [1.54, 1.807) is 18.2 Å². The molecular weight excluding hydrogens is 247 g/mol. The minimum atomic E-state index is -0.563. The van der Waals surface area contributed by atoms with Crippen molar-refractivity contribution in [3.05, 3.63) is 59.4 Å². The average Bonchev–Trinajstić information content (AvgIpc) is 2.39. The van der Waals surface area contributed by atoms with Crippen molar-refractivity contribution in [2.45, 2.75) is 6.61 Å². The standard InChI is InChI=1S/C14H13FN2O2/c15-11-4-2-1-3-10(11)8-19-13-6-5-9(14(17)18)7-12(13)16/h1-7H,8,16H2,(H2,17,18). The number of halogens is 1. The van der Waals surface area contributed by atoms with Crippen LogP contribution >= 0.6 is 0 Å². The van der Waals surface area contributed by atoms with Crippen molar-refractivity contribution in [1.29, 1.82) is 0 Å². The van der Waals surface area contributed by atoms with Gasteiger partial charge in [0.15, 0.2) is 0 Å². The molecule has 2 aromatic rings. The molecule has 5 heteroatoms. The fraction of sp³-hybridized carbons (Fsp3) is 0.0714. The number of ether oxygens (including phenoxy) is 1. The Kier molecular flexibility index (Phi) is 3.66. The van der Waals surface area contributed by atoms with Crippen LogP contribution in [0.4, 0.5) is 10.1 Å². The Bertz CT molecular complexity index is 614. The minimum Gasteiger partial charge on any atom is -0.487 e. The molecule has 4 nitrogen and oxygen atoms in total. The normalized spacial score (nSPS) is 10.2. The lowest BCUT2D eigenvalue weighted by Gasteiger charge is -2.10. The van der Waals surface area contributed by atoms with Gasteiger partial charge in [-0.3, -0.25) is 4.79 Å². The minimum absolute atomic E-state index is 0.0623. The largest absolute Gasteiger partial charge is 0.487 e. The predicted molar refractivity (Wildman–Crippen MR) is 70.1 cm³/mol. The first-order chi connectivity index (χ1) is 9.08. The summed E-state index contributed by atoms with van der Waals surface area (Å²) in [6.45, 7) is 0.0623. The van der Waals surface area contributed by atoms with Crippen molar-refractivity contribution in [1.82, 2.24) is 0 Å². The second-order valence-corrected chi connectivity index (χ2v) is 4.00. The van der Waals surface area contributed by atoms with E-state index in [0.717, 1.165) is 0 Å². The Morgan fingerprint density at radius 2 is 1.95 bits per heavy atom. The van der Waals surface area contributed by atoms with Crippen molar-refractivity contribution >= 4 is 11.6 Å². The van der Waals surface area contributed by atoms with E-state index >= 15 is 0 Å². The van der Waals surface area contributed by atoms with Crippen LogP contribution in [-0.2, 0) is 6.61 Å². The molecule has 4 N–H and O–H groups in total. The van der Waals surface area contributed by atoms with Gasteiger partial charge < -0.3 is 16.2 Å². The number of rotatable bonds is 4. The molecule has 0 fully saturated rings. The molecule has 0 saturated carbocycles. The van der Waals surface area contributed by atoms with Gasteiger partial charge in [0.1, 0.15) is 18.2 Å². The Labute approximate surface area is 109 Å². The van der Waals surface area contributed by atoms with Crippen LogP contribution in [0, 0.1) is 5.82 Å². The van der Waals surface area contributed by atoms with E-state index < -0.39 is 5.91 Å². The third-order valence-corrected chi connectivity index (χ3v) is 2.64. The van der Waals surface area contributed by atoms with E-state index in [4.69, 9.17) is 16.2 Å². The van der Waals surface area contributed by atoms with Crippen molar-refractivity contribution in [2.75, 3.05) is 5.73 Å². The van der Waals surface area contributed by atoms with Crippen LogP contribution in [0.1, 0.15) is 15.9 Å². The third kappa shape index (κ3) is 3.01. The van der Waals surface area contributed by atoms with Crippen LogP contribution in [0.25, 0.3) is 0 Å². The number of nitrogens with two attached hydrogens (primary N) is 2. The van der Waals surface area contributed by atoms with Gasteiger partial charge >= 0.3 is 0 Å². The number of carbonyl (C=O) groups is 1. The maximum atomic E-state index is 13.4. The van der Waals surface area contributed by atoms with E-state index in [2.05, 4.69) is 0 Å². The van der Waals surface area contributed by atoms with Crippen LogP contribution in [0.2, 0.25) is 0 Å². The molecule has 0 atom stereocenters. The summed E-state index contributed by atoms with van der Waals surface area (Å²) >= 11 is 0. The molecule has 0 spiro atoms. The number of amides is 1. The molecule has 0 aromatic heterocycles. The fourth-order valence-corrected chi connectivity index (χ4v) is 1.60. The lowest BCUT2D eigenvalue weighted by atomic mass is 10.2. The predicted octanol–water partition coefficient (Wildman–Crippen LogP) is 2.09. The molecule has 0 bridgehead atoms. The van der Waals surface area contributed by atoms with E-state index in [-0.39, 0.29) is 18.1 Å². The highest BCUT2D eigenvalue weighted by molar-refractivity contribution is 5.94. The quantitative estimate of drug-likeness (QED) is 0.826. The number of hydrogen-bond donors (Lipinski definition) is 2. The van der Waals surface area contributed by atoms with Crippen molar-refractivity contribution in [3.63, 3.8) is 0 Å². The van der Waals surface area contributed by atoms with Gasteiger partial charge in [-0.2, -0.15) is 0 Å². The lowest BCUT2D eigenvalue weighted by Crippen LogP contribution is -2.11. The van der Waals surface area contributed by atoms with Gasteiger partial charge in [-0.05, 0) is 24.3 Å². The summed E-state index contributed by atoms with van der Waals surface area (Å²) in [6.07, 6.45) is 0. The maximum absolute atomic E-state index is 13.4. The number of benzene rings is 2. The topological polar surface area (TPSA) is 78.3 Å². The van der Waals surface area contributed by atoms with Crippen LogP contribution in [0.15, 0.2) is 42.5 Å². The van der Waals surface area contributed by atoms with Gasteiger partial charge in [-0.25, -0.2) is 4.39 Å². The van der Waals surface area contributed by atoms with Crippen LogP contribution < -0.4 is 16.2 Å². The molecule has 0 radical (unpaired) electrons. The van der Waals surface area contributed by atoms with Crippen LogP contribution in [-0.4, -0.2) is 5.91 Å². The molecule has 1 amide bonds. The van der Waals surface area contributed by atoms with Gasteiger partial charge in [-0.1, -0.05) is 18.2 Å². The highest BCUT2D eigenvalue weighted by Gasteiger charge is 2.07. The zero-order chi connectivity index (χ0) is 13.8. The molecule has 2 aromatic carbocycles. The smallest absolute Gasteiger partial charge is 0.248 e. The zero-order valence-electron chi connectivity index (χ0n) is 10.1. The summed E-state index contributed by atoms with van der Waals surface area (Å²) in [4.78, 5) is 11.0. The molecular formula is C14H13FN2O2. The Morgan fingerprint density at radius 3 is 2.58 bits per heavy atom. The first kappa shape index (κ1) is 12.9. The van der Waals surface area contributed by atoms with Gasteiger partial charge in [0.25, 0.3) is 0 Å². The molecule has 0 heterocycles. The van der Waals surface area contributed by atoms with Gasteiger partial charge in [0, 0.05) is 11.1 Å². The molecule has 0 saturated heterocycles. The average molecular weight is 260 g/mol. The summed E-state index contributed by atoms with van der Waals surface area (Å²) in [7, 11) is 0. The summed E-state index contributed by atoms with van der Waals surface area (Å²) in [5.74, 6) is -0.518. The molecule has 19 heavy (non-hydrogen) atoms. The molecule has 0 aliphatic heterocycles. The zero-order valence-corrected chi connectivity index (χ0v) is 10.1. The van der Waals surface area contributed by atoms with E-state index in [0.29, 0.717) is 16.9 Å². The van der Waals surface area contributed by atoms with E-state index in [9.17, 15) is 9.18 Å². The summed E-state index contributed by atoms with van der Waals surface area (Å²) < 4.78 is 18.8. The van der Waals surface area contributed by atoms with Crippen molar-refractivity contribution < 1.29 is 13.9 Å².